The lowest BCUT2D eigenvalue weighted by atomic mass is 10.3. The van der Waals surface area contributed by atoms with Crippen molar-refractivity contribution >= 4 is 53.3 Å². The van der Waals surface area contributed by atoms with E-state index in [9.17, 15) is 0 Å². The molecule has 1 aliphatic heterocycles. The van der Waals surface area contributed by atoms with Gasteiger partial charge in [-0.2, -0.15) is 11.8 Å². The molecule has 1 aliphatic rings. The van der Waals surface area contributed by atoms with E-state index in [-0.39, 0.29) is 24.0 Å². The van der Waals surface area contributed by atoms with Crippen molar-refractivity contribution in [3.05, 3.63) is 23.4 Å². The summed E-state index contributed by atoms with van der Waals surface area (Å²) < 4.78 is 5.58. The van der Waals surface area contributed by atoms with Crippen LogP contribution >= 0.6 is 47.3 Å². The van der Waals surface area contributed by atoms with Crippen molar-refractivity contribution in [2.75, 3.05) is 39.0 Å². The second kappa shape index (κ2) is 11.2. The van der Waals surface area contributed by atoms with Gasteiger partial charge < -0.3 is 15.0 Å². The predicted molar refractivity (Wildman–Crippen MR) is 110 cm³/mol. The quantitative estimate of drug-likeness (QED) is 0.310. The Balaban J connectivity index is 0.00000264. The number of halogens is 2. The van der Waals surface area contributed by atoms with Crippen LogP contribution in [0.1, 0.15) is 13.3 Å². The largest absolute Gasteiger partial charge is 0.475 e. The molecule has 1 aromatic rings. The fourth-order valence-corrected chi connectivity index (χ4v) is 3.64. The summed E-state index contributed by atoms with van der Waals surface area (Å²) in [5.41, 5.74) is 0. The molecule has 0 aliphatic carbocycles. The SMILES string of the molecule is CCC1CN(C(=NC)NCCOc2ncccc2Cl)CCS1.I. The lowest BCUT2D eigenvalue weighted by molar-refractivity contribution is 0.306. The number of hydrogen-bond donors (Lipinski definition) is 1. The van der Waals surface area contributed by atoms with Crippen molar-refractivity contribution in [2.45, 2.75) is 18.6 Å². The van der Waals surface area contributed by atoms with Gasteiger partial charge in [0.05, 0.1) is 6.54 Å². The summed E-state index contributed by atoms with van der Waals surface area (Å²) >= 11 is 8.05. The van der Waals surface area contributed by atoms with E-state index in [1.54, 1.807) is 18.3 Å². The van der Waals surface area contributed by atoms with Crippen LogP contribution in [0.25, 0.3) is 0 Å². The number of aliphatic imine (C=N–C) groups is 1. The number of hydrogen-bond acceptors (Lipinski definition) is 4. The van der Waals surface area contributed by atoms with E-state index < -0.39 is 0 Å². The van der Waals surface area contributed by atoms with E-state index in [0.717, 1.165) is 24.8 Å². The first-order valence-corrected chi connectivity index (χ1v) is 8.97. The lowest BCUT2D eigenvalue weighted by Gasteiger charge is -2.34. The van der Waals surface area contributed by atoms with Crippen LogP contribution < -0.4 is 10.1 Å². The van der Waals surface area contributed by atoms with Gasteiger partial charge in [0, 0.05) is 37.3 Å². The average Bonchev–Trinajstić information content (AvgIpc) is 2.56. The molecule has 2 heterocycles. The summed E-state index contributed by atoms with van der Waals surface area (Å²) in [4.78, 5) is 10.8. The van der Waals surface area contributed by atoms with E-state index >= 15 is 0 Å². The normalized spacial score (nSPS) is 18.3. The maximum absolute atomic E-state index is 6.00. The molecule has 1 aromatic heterocycles. The molecule has 2 rings (SSSR count). The Kier molecular flexibility index (Phi) is 10.0. The molecule has 5 nitrogen and oxygen atoms in total. The van der Waals surface area contributed by atoms with Crippen LogP contribution in [0.4, 0.5) is 0 Å². The predicted octanol–water partition coefficient (Wildman–Crippen LogP) is 3.13. The van der Waals surface area contributed by atoms with Gasteiger partial charge >= 0.3 is 0 Å². The van der Waals surface area contributed by atoms with Gasteiger partial charge in [0.1, 0.15) is 11.6 Å². The minimum absolute atomic E-state index is 0. The third-order valence-electron chi connectivity index (χ3n) is 3.45. The number of pyridine rings is 1. The van der Waals surface area contributed by atoms with Crippen LogP contribution in [-0.2, 0) is 0 Å². The lowest BCUT2D eigenvalue weighted by Crippen LogP contribution is -2.48. The van der Waals surface area contributed by atoms with Gasteiger partial charge in [-0.15, -0.1) is 24.0 Å². The highest BCUT2D eigenvalue weighted by Gasteiger charge is 2.21. The Morgan fingerprint density at radius 1 is 1.61 bits per heavy atom. The highest BCUT2D eigenvalue weighted by atomic mass is 127. The van der Waals surface area contributed by atoms with Crippen LogP contribution in [0.3, 0.4) is 0 Å². The smallest absolute Gasteiger partial charge is 0.232 e. The molecule has 130 valence electrons. The first kappa shape index (κ1) is 20.6. The van der Waals surface area contributed by atoms with E-state index in [1.165, 1.54) is 6.42 Å². The fraction of sp³-hybridized carbons (Fsp3) is 0.600. The molecule has 0 aromatic carbocycles. The third kappa shape index (κ3) is 6.54. The second-order valence-corrected chi connectivity index (χ2v) is 6.78. The molecule has 0 saturated carbocycles. The van der Waals surface area contributed by atoms with Crippen LogP contribution in [0.5, 0.6) is 5.88 Å². The second-order valence-electron chi connectivity index (χ2n) is 4.96. The summed E-state index contributed by atoms with van der Waals surface area (Å²) in [5, 5.41) is 4.57. The van der Waals surface area contributed by atoms with E-state index in [4.69, 9.17) is 16.3 Å². The first-order valence-electron chi connectivity index (χ1n) is 7.55. The molecule has 23 heavy (non-hydrogen) atoms. The van der Waals surface area contributed by atoms with Gasteiger partial charge in [0.15, 0.2) is 5.96 Å². The first-order chi connectivity index (χ1) is 10.7. The summed E-state index contributed by atoms with van der Waals surface area (Å²) in [6.45, 7) is 5.49. The summed E-state index contributed by atoms with van der Waals surface area (Å²) in [5.74, 6) is 2.56. The highest BCUT2D eigenvalue weighted by Crippen LogP contribution is 2.21. The van der Waals surface area contributed by atoms with Crippen LogP contribution in [0.2, 0.25) is 5.02 Å². The molecule has 1 fully saturated rings. The summed E-state index contributed by atoms with van der Waals surface area (Å²) in [6.07, 6.45) is 2.86. The number of nitrogens with zero attached hydrogens (tertiary/aromatic N) is 3. The minimum atomic E-state index is 0. The van der Waals surface area contributed by atoms with Gasteiger partial charge in [-0.1, -0.05) is 18.5 Å². The van der Waals surface area contributed by atoms with E-state index in [0.29, 0.717) is 29.3 Å². The molecule has 1 atom stereocenters. The Labute approximate surface area is 164 Å². The molecule has 1 saturated heterocycles. The molecular weight excluding hydrogens is 447 g/mol. The highest BCUT2D eigenvalue weighted by molar-refractivity contribution is 14.0. The van der Waals surface area contributed by atoms with Crippen molar-refractivity contribution in [1.29, 1.82) is 0 Å². The van der Waals surface area contributed by atoms with Crippen molar-refractivity contribution < 1.29 is 4.74 Å². The van der Waals surface area contributed by atoms with Gasteiger partial charge in [-0.05, 0) is 18.6 Å². The molecule has 1 unspecified atom stereocenters. The number of ether oxygens (including phenoxy) is 1. The molecule has 8 heteroatoms. The number of rotatable bonds is 5. The van der Waals surface area contributed by atoms with Crippen LogP contribution in [0, 0.1) is 0 Å². The van der Waals surface area contributed by atoms with Gasteiger partial charge in [0.25, 0.3) is 0 Å². The topological polar surface area (TPSA) is 49.8 Å². The summed E-state index contributed by atoms with van der Waals surface area (Å²) in [6, 6.07) is 3.56. The minimum Gasteiger partial charge on any atom is -0.475 e. The fourth-order valence-electron chi connectivity index (χ4n) is 2.28. The molecule has 0 spiro atoms. The van der Waals surface area contributed by atoms with Gasteiger partial charge in [-0.3, -0.25) is 4.99 Å². The zero-order valence-corrected chi connectivity index (χ0v) is 17.4. The zero-order valence-electron chi connectivity index (χ0n) is 13.5. The molecular formula is C15H24ClIN4OS. The standard InChI is InChI=1S/C15H23ClN4OS.HI/c1-3-12-11-20(8-10-22-12)15(17-2)19-7-9-21-14-13(16)5-4-6-18-14;/h4-6,12H,3,7-11H2,1-2H3,(H,17,19);1H. The zero-order chi connectivity index (χ0) is 15.8. The number of aromatic nitrogens is 1. The van der Waals surface area contributed by atoms with E-state index in [2.05, 4.69) is 38.9 Å². The van der Waals surface area contributed by atoms with Crippen molar-refractivity contribution in [1.82, 2.24) is 15.2 Å². The monoisotopic (exact) mass is 470 g/mol. The number of thioether (sulfide) groups is 1. The Morgan fingerprint density at radius 3 is 3.13 bits per heavy atom. The molecule has 0 bridgehead atoms. The van der Waals surface area contributed by atoms with Gasteiger partial charge in [-0.25, -0.2) is 4.98 Å². The van der Waals surface area contributed by atoms with Crippen molar-refractivity contribution in [3.63, 3.8) is 0 Å². The van der Waals surface area contributed by atoms with Crippen molar-refractivity contribution in [3.8, 4) is 5.88 Å². The van der Waals surface area contributed by atoms with E-state index in [1.807, 2.05) is 7.05 Å². The van der Waals surface area contributed by atoms with Crippen LogP contribution in [0.15, 0.2) is 23.3 Å². The Hall–Kier alpha value is -0.410. The average molecular weight is 471 g/mol. The molecule has 0 radical (unpaired) electrons. The Bertz CT molecular complexity index is 506. The maximum atomic E-state index is 6.00. The molecule has 1 N–H and O–H groups in total. The van der Waals surface area contributed by atoms with Gasteiger partial charge in [0.2, 0.25) is 5.88 Å². The number of nitrogens with one attached hydrogen (secondary N) is 1. The Morgan fingerprint density at radius 2 is 2.43 bits per heavy atom. The number of guanidine groups is 1. The molecule has 0 amide bonds. The van der Waals surface area contributed by atoms with Crippen LogP contribution in [-0.4, -0.2) is 60.1 Å². The maximum Gasteiger partial charge on any atom is 0.232 e. The third-order valence-corrected chi connectivity index (χ3v) is 5.11. The summed E-state index contributed by atoms with van der Waals surface area (Å²) in [7, 11) is 1.82. The van der Waals surface area contributed by atoms with Crippen molar-refractivity contribution in [2.24, 2.45) is 4.99 Å².